The van der Waals surface area contributed by atoms with Gasteiger partial charge in [-0.1, -0.05) is 26.7 Å². The minimum absolute atomic E-state index is 0.0463. The first kappa shape index (κ1) is 18.1. The summed E-state index contributed by atoms with van der Waals surface area (Å²) in [4.78, 5) is 22.8. The van der Waals surface area contributed by atoms with E-state index in [1.807, 2.05) is 13.2 Å². The van der Waals surface area contributed by atoms with E-state index in [0.29, 0.717) is 18.1 Å². The Morgan fingerprint density at radius 3 is 2.21 bits per heavy atom. The molecule has 0 fully saturated rings. The fraction of sp³-hybridized carbons (Fsp3) is 0.846. The van der Waals surface area contributed by atoms with Gasteiger partial charge in [-0.15, -0.1) is 0 Å². The Labute approximate surface area is 119 Å². The first-order chi connectivity index (χ1) is 8.96. The van der Waals surface area contributed by atoms with Crippen molar-refractivity contribution < 1.29 is 14.7 Å². The molecule has 112 valence electrons. The van der Waals surface area contributed by atoms with Gasteiger partial charge in [-0.05, 0) is 31.3 Å². The van der Waals surface area contributed by atoms with Crippen molar-refractivity contribution in [2.24, 2.45) is 5.92 Å². The highest BCUT2D eigenvalue weighted by molar-refractivity contribution is 7.98. The maximum atomic E-state index is 11.8. The Morgan fingerprint density at radius 1 is 1.21 bits per heavy atom. The molecule has 0 heterocycles. The summed E-state index contributed by atoms with van der Waals surface area (Å²) in [5, 5.41) is 14.4. The topological polar surface area (TPSA) is 78.4 Å². The molecule has 0 aliphatic rings. The average Bonchev–Trinajstić information content (AvgIpc) is 2.35. The van der Waals surface area contributed by atoms with Crippen molar-refractivity contribution in [2.45, 2.75) is 52.1 Å². The van der Waals surface area contributed by atoms with Crippen LogP contribution in [0.2, 0.25) is 0 Å². The number of carbonyl (C=O) groups excluding carboxylic acids is 1. The average molecular weight is 290 g/mol. The van der Waals surface area contributed by atoms with Gasteiger partial charge in [-0.3, -0.25) is 0 Å². The van der Waals surface area contributed by atoms with Gasteiger partial charge in [0.05, 0.1) is 0 Å². The van der Waals surface area contributed by atoms with Crippen molar-refractivity contribution in [2.75, 3.05) is 12.0 Å². The van der Waals surface area contributed by atoms with Crippen LogP contribution >= 0.6 is 11.8 Å². The quantitative estimate of drug-likeness (QED) is 0.609. The minimum atomic E-state index is -0.987. The molecule has 6 heteroatoms. The van der Waals surface area contributed by atoms with Gasteiger partial charge in [-0.25, -0.2) is 9.59 Å². The number of carboxylic acids is 1. The second-order valence-electron chi connectivity index (χ2n) is 4.66. The van der Waals surface area contributed by atoms with Crippen LogP contribution in [0.25, 0.3) is 0 Å². The fourth-order valence-corrected chi connectivity index (χ4v) is 2.48. The normalized spacial score (nSPS) is 13.9. The summed E-state index contributed by atoms with van der Waals surface area (Å²) in [6.07, 6.45) is 4.33. The molecule has 0 radical (unpaired) electrons. The van der Waals surface area contributed by atoms with Crippen LogP contribution in [-0.2, 0) is 4.79 Å². The number of nitrogens with one attached hydrogen (secondary N) is 2. The summed E-state index contributed by atoms with van der Waals surface area (Å²) in [5.41, 5.74) is 0. The highest BCUT2D eigenvalue weighted by atomic mass is 32.2. The Balaban J connectivity index is 4.29. The lowest BCUT2D eigenvalue weighted by molar-refractivity contribution is -0.139. The molecule has 0 aliphatic carbocycles. The van der Waals surface area contributed by atoms with Gasteiger partial charge in [0, 0.05) is 6.04 Å². The molecule has 0 saturated carbocycles. The Hall–Kier alpha value is -0.910. The number of rotatable bonds is 9. The molecule has 2 amide bonds. The highest BCUT2D eigenvalue weighted by Crippen LogP contribution is 2.12. The van der Waals surface area contributed by atoms with E-state index >= 15 is 0 Å². The molecule has 0 rings (SSSR count). The molecule has 0 spiro atoms. The maximum Gasteiger partial charge on any atom is 0.326 e. The molecule has 0 aromatic rings. The molecular weight excluding hydrogens is 264 g/mol. The number of hydrogen-bond donors (Lipinski definition) is 3. The zero-order chi connectivity index (χ0) is 14.8. The summed E-state index contributed by atoms with van der Waals surface area (Å²) < 4.78 is 0. The van der Waals surface area contributed by atoms with E-state index in [0.717, 1.165) is 12.8 Å². The smallest absolute Gasteiger partial charge is 0.326 e. The summed E-state index contributed by atoms with van der Waals surface area (Å²) in [7, 11) is 0. The van der Waals surface area contributed by atoms with Crippen molar-refractivity contribution in [3.8, 4) is 0 Å². The first-order valence-corrected chi connectivity index (χ1v) is 8.14. The fourth-order valence-electron chi connectivity index (χ4n) is 2.01. The molecule has 0 aliphatic heterocycles. The van der Waals surface area contributed by atoms with Gasteiger partial charge in [0.25, 0.3) is 0 Å². The van der Waals surface area contributed by atoms with Gasteiger partial charge in [-0.2, -0.15) is 11.8 Å². The zero-order valence-electron chi connectivity index (χ0n) is 12.2. The van der Waals surface area contributed by atoms with E-state index in [9.17, 15) is 9.59 Å². The number of amides is 2. The third-order valence-electron chi connectivity index (χ3n) is 3.33. The number of aliphatic carboxylic acids is 1. The third kappa shape index (κ3) is 7.30. The lowest BCUT2D eigenvalue weighted by Crippen LogP contribution is -2.50. The molecular formula is C13H26N2O3S. The number of thioether (sulfide) groups is 1. The van der Waals surface area contributed by atoms with Crippen LogP contribution in [0.1, 0.15) is 40.0 Å². The molecule has 3 N–H and O–H groups in total. The third-order valence-corrected chi connectivity index (χ3v) is 3.97. The summed E-state index contributed by atoms with van der Waals surface area (Å²) in [6.45, 7) is 6.13. The maximum absolute atomic E-state index is 11.8. The Morgan fingerprint density at radius 2 is 1.79 bits per heavy atom. The van der Waals surface area contributed by atoms with Crippen LogP contribution in [0, 0.1) is 5.92 Å². The van der Waals surface area contributed by atoms with Crippen molar-refractivity contribution in [1.82, 2.24) is 10.6 Å². The van der Waals surface area contributed by atoms with E-state index in [1.54, 1.807) is 11.8 Å². The van der Waals surface area contributed by atoms with Crippen LogP contribution < -0.4 is 10.6 Å². The van der Waals surface area contributed by atoms with Crippen LogP contribution in [0.5, 0.6) is 0 Å². The molecule has 5 nitrogen and oxygen atoms in total. The predicted molar refractivity (Wildman–Crippen MR) is 79.6 cm³/mol. The largest absolute Gasteiger partial charge is 0.480 e. The van der Waals surface area contributed by atoms with Crippen LogP contribution in [-0.4, -0.2) is 41.2 Å². The Kier molecular flexibility index (Phi) is 9.47. The van der Waals surface area contributed by atoms with E-state index in [4.69, 9.17) is 5.11 Å². The van der Waals surface area contributed by atoms with Gasteiger partial charge in [0.1, 0.15) is 6.04 Å². The SMILES string of the molecule is CCC(CC)C(C)NC(=O)N[C@@H](CCSC)C(=O)O. The highest BCUT2D eigenvalue weighted by Gasteiger charge is 2.21. The predicted octanol–water partition coefficient (Wildman–Crippen LogP) is 2.32. The van der Waals surface area contributed by atoms with Crippen molar-refractivity contribution >= 4 is 23.8 Å². The lowest BCUT2D eigenvalue weighted by atomic mass is 9.96. The molecule has 19 heavy (non-hydrogen) atoms. The first-order valence-electron chi connectivity index (χ1n) is 6.74. The minimum Gasteiger partial charge on any atom is -0.480 e. The van der Waals surface area contributed by atoms with Gasteiger partial charge >= 0.3 is 12.0 Å². The second kappa shape index (κ2) is 9.95. The van der Waals surface area contributed by atoms with Gasteiger partial charge in [0.15, 0.2) is 0 Å². The molecule has 0 bridgehead atoms. The zero-order valence-corrected chi connectivity index (χ0v) is 13.0. The van der Waals surface area contributed by atoms with E-state index in [2.05, 4.69) is 24.5 Å². The van der Waals surface area contributed by atoms with Crippen molar-refractivity contribution in [1.29, 1.82) is 0 Å². The number of carboxylic acid groups (broad SMARTS) is 1. The van der Waals surface area contributed by atoms with E-state index in [-0.39, 0.29) is 6.04 Å². The monoisotopic (exact) mass is 290 g/mol. The van der Waals surface area contributed by atoms with Crippen LogP contribution in [0.4, 0.5) is 4.79 Å². The molecule has 0 aromatic heterocycles. The molecule has 0 saturated heterocycles. The van der Waals surface area contributed by atoms with Crippen molar-refractivity contribution in [3.63, 3.8) is 0 Å². The number of carbonyl (C=O) groups is 2. The summed E-state index contributed by atoms with van der Waals surface area (Å²) >= 11 is 1.57. The summed E-state index contributed by atoms with van der Waals surface area (Å²) in [5.74, 6) is 0.138. The van der Waals surface area contributed by atoms with E-state index < -0.39 is 18.0 Å². The van der Waals surface area contributed by atoms with Gasteiger partial charge < -0.3 is 15.7 Å². The van der Waals surface area contributed by atoms with Crippen LogP contribution in [0.15, 0.2) is 0 Å². The standard InChI is InChI=1S/C13H26N2O3S/c1-5-10(6-2)9(3)14-13(18)15-11(12(16)17)7-8-19-4/h9-11H,5-8H2,1-4H3,(H,16,17)(H2,14,15,18)/t9?,11-/m0/s1. The lowest BCUT2D eigenvalue weighted by Gasteiger charge is -2.23. The Bertz CT molecular complexity index is 283. The van der Waals surface area contributed by atoms with Gasteiger partial charge in [0.2, 0.25) is 0 Å². The second-order valence-corrected chi connectivity index (χ2v) is 5.64. The van der Waals surface area contributed by atoms with Crippen molar-refractivity contribution in [3.05, 3.63) is 0 Å². The number of urea groups is 1. The molecule has 2 atom stereocenters. The summed E-state index contributed by atoms with van der Waals surface area (Å²) in [6, 6.07) is -1.17. The molecule has 1 unspecified atom stereocenters. The molecule has 0 aromatic carbocycles. The van der Waals surface area contributed by atoms with E-state index in [1.165, 1.54) is 0 Å². The number of hydrogen-bond acceptors (Lipinski definition) is 3. The van der Waals surface area contributed by atoms with Crippen LogP contribution in [0.3, 0.4) is 0 Å².